The van der Waals surface area contributed by atoms with Crippen molar-refractivity contribution in [3.8, 4) is 5.75 Å². The largest absolute Gasteiger partial charge is 0.496 e. The van der Waals surface area contributed by atoms with Crippen molar-refractivity contribution >= 4 is 11.8 Å². The molecule has 0 unspecified atom stereocenters. The van der Waals surface area contributed by atoms with E-state index in [1.54, 1.807) is 6.07 Å². The summed E-state index contributed by atoms with van der Waals surface area (Å²) >= 11 is 0. The summed E-state index contributed by atoms with van der Waals surface area (Å²) in [4.78, 5) is 22.7. The van der Waals surface area contributed by atoms with Gasteiger partial charge in [0.25, 0.3) is 5.78 Å². The lowest BCUT2D eigenvalue weighted by molar-refractivity contribution is -0.131. The van der Waals surface area contributed by atoms with Crippen molar-refractivity contribution < 1.29 is 19.4 Å². The van der Waals surface area contributed by atoms with Crippen LogP contribution in [0.25, 0.3) is 0 Å². The molecule has 0 heterocycles. The van der Waals surface area contributed by atoms with Crippen LogP contribution in [-0.4, -0.2) is 24.0 Å². The summed E-state index contributed by atoms with van der Waals surface area (Å²) in [5, 5.41) is 8.91. The zero-order valence-corrected chi connectivity index (χ0v) is 12.0. The van der Waals surface area contributed by atoms with E-state index in [4.69, 9.17) is 9.84 Å². The highest BCUT2D eigenvalue weighted by molar-refractivity contribution is 6.40. The molecule has 0 amide bonds. The molecule has 4 heteroatoms. The molecule has 0 fully saturated rings. The summed E-state index contributed by atoms with van der Waals surface area (Å²) in [5.74, 6) is -2.04. The second-order valence-electron chi connectivity index (χ2n) is 5.46. The van der Waals surface area contributed by atoms with Gasteiger partial charge in [0.05, 0.1) is 12.7 Å². The van der Waals surface area contributed by atoms with E-state index < -0.39 is 11.8 Å². The molecule has 0 radical (unpaired) electrons. The third kappa shape index (κ3) is 3.13. The molecular weight excluding hydrogens is 244 g/mol. The van der Waals surface area contributed by atoms with Gasteiger partial charge in [-0.1, -0.05) is 33.8 Å². The van der Waals surface area contributed by atoms with Crippen LogP contribution in [0.4, 0.5) is 0 Å². The van der Waals surface area contributed by atoms with Gasteiger partial charge in [-0.15, -0.1) is 0 Å². The number of aryl methyl sites for hydroxylation is 1. The Bertz CT molecular complexity index is 510. The van der Waals surface area contributed by atoms with Gasteiger partial charge in [0.15, 0.2) is 0 Å². The molecular formula is C15H20O4. The summed E-state index contributed by atoms with van der Waals surface area (Å²) in [6.45, 7) is 7.96. The van der Waals surface area contributed by atoms with Gasteiger partial charge in [-0.05, 0) is 23.5 Å². The Hall–Kier alpha value is -1.84. The molecule has 0 aliphatic rings. The van der Waals surface area contributed by atoms with Crippen LogP contribution in [0.5, 0.6) is 5.75 Å². The first-order valence-electron chi connectivity index (χ1n) is 6.21. The average molecular weight is 264 g/mol. The number of aliphatic carboxylic acids is 1. The summed E-state index contributed by atoms with van der Waals surface area (Å²) in [7, 11) is 1.45. The molecule has 1 aromatic carbocycles. The van der Waals surface area contributed by atoms with Crippen molar-refractivity contribution in [1.29, 1.82) is 0 Å². The number of ether oxygens (including phenoxy) is 1. The molecule has 1 rings (SSSR count). The van der Waals surface area contributed by atoms with E-state index in [0.29, 0.717) is 5.75 Å². The third-order valence-electron chi connectivity index (χ3n) is 3.01. The zero-order valence-electron chi connectivity index (χ0n) is 12.0. The Balaban J connectivity index is 3.62. The predicted molar refractivity (Wildman–Crippen MR) is 73.0 cm³/mol. The Morgan fingerprint density at radius 3 is 2.21 bits per heavy atom. The van der Waals surface area contributed by atoms with Crippen molar-refractivity contribution in [2.24, 2.45) is 0 Å². The summed E-state index contributed by atoms with van der Waals surface area (Å²) in [5.41, 5.74) is 1.66. The Morgan fingerprint density at radius 2 is 1.84 bits per heavy atom. The second-order valence-corrected chi connectivity index (χ2v) is 5.46. The zero-order chi connectivity index (χ0) is 14.8. The van der Waals surface area contributed by atoms with Gasteiger partial charge < -0.3 is 9.84 Å². The topological polar surface area (TPSA) is 63.6 Å². The molecule has 1 aromatic rings. The van der Waals surface area contributed by atoms with Crippen molar-refractivity contribution in [2.75, 3.05) is 7.11 Å². The Morgan fingerprint density at radius 1 is 1.26 bits per heavy atom. The number of hydrogen-bond acceptors (Lipinski definition) is 3. The average Bonchev–Trinajstić information content (AvgIpc) is 2.34. The van der Waals surface area contributed by atoms with E-state index in [9.17, 15) is 9.59 Å². The van der Waals surface area contributed by atoms with Gasteiger partial charge in [-0.3, -0.25) is 4.79 Å². The van der Waals surface area contributed by atoms with Crippen LogP contribution in [0.1, 0.15) is 49.2 Å². The fourth-order valence-corrected chi connectivity index (χ4v) is 1.95. The molecule has 4 nitrogen and oxygen atoms in total. The second kappa shape index (κ2) is 5.43. The maximum Gasteiger partial charge on any atom is 0.377 e. The lowest BCUT2D eigenvalue weighted by Crippen LogP contribution is -2.19. The molecule has 0 saturated heterocycles. The maximum atomic E-state index is 11.8. The molecule has 0 atom stereocenters. The van der Waals surface area contributed by atoms with E-state index in [2.05, 4.69) is 0 Å². The smallest absolute Gasteiger partial charge is 0.377 e. The molecule has 19 heavy (non-hydrogen) atoms. The van der Waals surface area contributed by atoms with Crippen LogP contribution in [-0.2, 0) is 16.6 Å². The van der Waals surface area contributed by atoms with E-state index in [0.717, 1.165) is 17.5 Å². The highest BCUT2D eigenvalue weighted by Crippen LogP contribution is 2.35. The van der Waals surface area contributed by atoms with Gasteiger partial charge in [0.1, 0.15) is 5.75 Å². The SMILES string of the molecule is CCc1cc(C(=O)C(=O)O)c(OC)c(C(C)(C)C)c1. The highest BCUT2D eigenvalue weighted by atomic mass is 16.5. The van der Waals surface area contributed by atoms with Crippen molar-refractivity contribution in [3.63, 3.8) is 0 Å². The monoisotopic (exact) mass is 264 g/mol. The molecule has 104 valence electrons. The normalized spacial score (nSPS) is 11.2. The number of carbonyl (C=O) groups excluding carboxylic acids is 1. The number of carboxylic acids is 1. The lowest BCUT2D eigenvalue weighted by atomic mass is 9.83. The molecule has 0 saturated carbocycles. The number of carbonyl (C=O) groups is 2. The molecule has 0 aromatic heterocycles. The van der Waals surface area contributed by atoms with E-state index in [1.165, 1.54) is 7.11 Å². The number of ketones is 1. The Kier molecular flexibility index (Phi) is 4.35. The number of hydrogen-bond donors (Lipinski definition) is 1. The minimum Gasteiger partial charge on any atom is -0.496 e. The van der Waals surface area contributed by atoms with Gasteiger partial charge in [-0.25, -0.2) is 4.79 Å². The number of benzene rings is 1. The van der Waals surface area contributed by atoms with Crippen LogP contribution >= 0.6 is 0 Å². The molecule has 0 bridgehead atoms. The van der Waals surface area contributed by atoms with Crippen LogP contribution in [0.15, 0.2) is 12.1 Å². The lowest BCUT2D eigenvalue weighted by Gasteiger charge is -2.24. The molecule has 1 N–H and O–H groups in total. The number of Topliss-reactive ketones (excluding diaryl/α,β-unsaturated/α-hetero) is 1. The standard InChI is InChI=1S/C15H20O4/c1-6-9-7-10(12(16)14(17)18)13(19-5)11(8-9)15(2,3)4/h7-8H,6H2,1-5H3,(H,17,18). The van der Waals surface area contributed by atoms with Crippen LogP contribution in [0.2, 0.25) is 0 Å². The summed E-state index contributed by atoms with van der Waals surface area (Å²) in [6.07, 6.45) is 0.729. The van der Waals surface area contributed by atoms with Crippen LogP contribution < -0.4 is 4.74 Å². The van der Waals surface area contributed by atoms with Crippen LogP contribution in [0, 0.1) is 0 Å². The van der Waals surface area contributed by atoms with Crippen molar-refractivity contribution in [2.45, 2.75) is 39.5 Å². The fraction of sp³-hybridized carbons (Fsp3) is 0.467. The van der Waals surface area contributed by atoms with Gasteiger partial charge >= 0.3 is 5.97 Å². The first kappa shape index (κ1) is 15.2. The van der Waals surface area contributed by atoms with E-state index in [-0.39, 0.29) is 11.0 Å². The van der Waals surface area contributed by atoms with Gasteiger partial charge in [0.2, 0.25) is 0 Å². The number of methoxy groups -OCH3 is 1. The minimum atomic E-state index is -1.47. The van der Waals surface area contributed by atoms with Gasteiger partial charge in [-0.2, -0.15) is 0 Å². The first-order chi connectivity index (χ1) is 8.72. The summed E-state index contributed by atoms with van der Waals surface area (Å²) in [6, 6.07) is 3.57. The van der Waals surface area contributed by atoms with Crippen molar-refractivity contribution in [1.82, 2.24) is 0 Å². The number of rotatable bonds is 4. The highest BCUT2D eigenvalue weighted by Gasteiger charge is 2.27. The first-order valence-corrected chi connectivity index (χ1v) is 6.21. The third-order valence-corrected chi connectivity index (χ3v) is 3.01. The number of carboxylic acid groups (broad SMARTS) is 1. The van der Waals surface area contributed by atoms with E-state index in [1.807, 2.05) is 33.8 Å². The Labute approximate surface area is 113 Å². The minimum absolute atomic E-state index is 0.124. The molecule has 0 spiro atoms. The van der Waals surface area contributed by atoms with E-state index >= 15 is 0 Å². The predicted octanol–water partition coefficient (Wildman–Crippen LogP) is 2.82. The van der Waals surface area contributed by atoms with Gasteiger partial charge in [0, 0.05) is 5.56 Å². The molecule has 0 aliphatic heterocycles. The maximum absolute atomic E-state index is 11.8. The van der Waals surface area contributed by atoms with Crippen LogP contribution in [0.3, 0.4) is 0 Å². The van der Waals surface area contributed by atoms with Crippen molar-refractivity contribution in [3.05, 3.63) is 28.8 Å². The molecule has 0 aliphatic carbocycles. The fourth-order valence-electron chi connectivity index (χ4n) is 1.95. The summed E-state index contributed by atoms with van der Waals surface area (Å²) < 4.78 is 5.29. The quantitative estimate of drug-likeness (QED) is 0.671.